The van der Waals surface area contributed by atoms with Gasteiger partial charge in [-0.15, -0.1) is 0 Å². The van der Waals surface area contributed by atoms with Gasteiger partial charge in [0.1, 0.15) is 0 Å². The van der Waals surface area contributed by atoms with Gasteiger partial charge in [0, 0.05) is 44.6 Å². The molecule has 25 heavy (non-hydrogen) atoms. The van der Waals surface area contributed by atoms with Gasteiger partial charge in [-0.2, -0.15) is 0 Å². The van der Waals surface area contributed by atoms with E-state index in [0.29, 0.717) is 19.0 Å². The van der Waals surface area contributed by atoms with Crippen molar-refractivity contribution >= 4 is 6.03 Å². The van der Waals surface area contributed by atoms with E-state index < -0.39 is 0 Å². The zero-order valence-corrected chi connectivity index (χ0v) is 14.9. The van der Waals surface area contributed by atoms with E-state index in [1.165, 1.54) is 5.56 Å². The molecule has 3 rings (SSSR count). The van der Waals surface area contributed by atoms with E-state index in [-0.39, 0.29) is 11.6 Å². The van der Waals surface area contributed by atoms with Crippen LogP contribution in [-0.4, -0.2) is 34.3 Å². The normalized spacial score (nSPS) is 18.9. The van der Waals surface area contributed by atoms with E-state index in [0.717, 1.165) is 25.1 Å². The lowest BCUT2D eigenvalue weighted by Gasteiger charge is -2.25. The average molecular weight is 342 g/mol. The van der Waals surface area contributed by atoms with Gasteiger partial charge in [-0.3, -0.25) is 0 Å². The molecule has 0 saturated carbocycles. The number of hydrogen-bond acceptors (Lipinski definition) is 3. The SMILES string of the molecule is CC1(C)OCCC1CNC(=O)NCc1ccc(Cn2ccnc2)cc1. The lowest BCUT2D eigenvalue weighted by molar-refractivity contribution is 0.0120. The molecule has 0 spiro atoms. The van der Waals surface area contributed by atoms with E-state index >= 15 is 0 Å². The third-order valence-corrected chi connectivity index (χ3v) is 4.83. The van der Waals surface area contributed by atoms with Crippen molar-refractivity contribution in [2.75, 3.05) is 13.2 Å². The van der Waals surface area contributed by atoms with E-state index in [1.807, 2.05) is 22.9 Å². The molecule has 1 aromatic heterocycles. The topological polar surface area (TPSA) is 68.2 Å². The Labute approximate surface area is 148 Å². The van der Waals surface area contributed by atoms with Gasteiger partial charge in [0.15, 0.2) is 0 Å². The van der Waals surface area contributed by atoms with Crippen molar-refractivity contribution in [2.24, 2.45) is 5.92 Å². The van der Waals surface area contributed by atoms with Crippen LogP contribution in [0.4, 0.5) is 4.79 Å². The van der Waals surface area contributed by atoms with Crippen LogP contribution in [0.3, 0.4) is 0 Å². The number of imidazole rings is 1. The van der Waals surface area contributed by atoms with Crippen LogP contribution in [-0.2, 0) is 17.8 Å². The zero-order chi connectivity index (χ0) is 17.7. The number of amides is 2. The van der Waals surface area contributed by atoms with E-state index in [4.69, 9.17) is 4.74 Å². The van der Waals surface area contributed by atoms with Gasteiger partial charge in [0.2, 0.25) is 0 Å². The molecule has 2 N–H and O–H groups in total. The maximum Gasteiger partial charge on any atom is 0.315 e. The Hall–Kier alpha value is -2.34. The summed E-state index contributed by atoms with van der Waals surface area (Å²) >= 11 is 0. The summed E-state index contributed by atoms with van der Waals surface area (Å²) in [5.74, 6) is 0.362. The monoisotopic (exact) mass is 342 g/mol. The fraction of sp³-hybridized carbons (Fsp3) is 0.474. The molecule has 1 aromatic carbocycles. The number of nitrogens with zero attached hydrogens (tertiary/aromatic N) is 2. The fourth-order valence-electron chi connectivity index (χ4n) is 3.09. The predicted molar refractivity (Wildman–Crippen MR) is 96.1 cm³/mol. The van der Waals surface area contributed by atoms with Gasteiger partial charge in [0.05, 0.1) is 11.9 Å². The number of urea groups is 1. The van der Waals surface area contributed by atoms with Crippen molar-refractivity contribution in [3.63, 3.8) is 0 Å². The Bertz CT molecular complexity index is 680. The number of benzene rings is 1. The molecule has 1 saturated heterocycles. The van der Waals surface area contributed by atoms with Gasteiger partial charge in [-0.25, -0.2) is 9.78 Å². The minimum atomic E-state index is -0.154. The Balaban J connectivity index is 1.41. The molecule has 0 aliphatic carbocycles. The first-order valence-electron chi connectivity index (χ1n) is 8.72. The molecule has 1 aliphatic heterocycles. The van der Waals surface area contributed by atoms with Crippen LogP contribution in [0.15, 0.2) is 43.0 Å². The molecular formula is C19H26N4O2. The molecule has 1 fully saturated rings. The van der Waals surface area contributed by atoms with Crippen LogP contribution in [0.25, 0.3) is 0 Å². The minimum Gasteiger partial charge on any atom is -0.375 e. The van der Waals surface area contributed by atoms with Gasteiger partial charge >= 0.3 is 6.03 Å². The molecule has 6 nitrogen and oxygen atoms in total. The summed E-state index contributed by atoms with van der Waals surface area (Å²) in [6.45, 7) is 6.88. The first-order chi connectivity index (χ1) is 12.0. The van der Waals surface area contributed by atoms with Crippen molar-refractivity contribution in [3.05, 3.63) is 54.1 Å². The minimum absolute atomic E-state index is 0.134. The summed E-state index contributed by atoms with van der Waals surface area (Å²) in [7, 11) is 0. The number of rotatable bonds is 6. The Morgan fingerprint density at radius 3 is 2.68 bits per heavy atom. The highest BCUT2D eigenvalue weighted by Gasteiger charge is 2.35. The average Bonchev–Trinajstić information content (AvgIpc) is 3.21. The van der Waals surface area contributed by atoms with Gasteiger partial charge in [-0.05, 0) is 31.4 Å². The molecule has 0 bridgehead atoms. The number of nitrogens with one attached hydrogen (secondary N) is 2. The molecule has 2 heterocycles. The highest BCUT2D eigenvalue weighted by atomic mass is 16.5. The largest absolute Gasteiger partial charge is 0.375 e. The van der Waals surface area contributed by atoms with Crippen molar-refractivity contribution in [2.45, 2.75) is 39.0 Å². The Morgan fingerprint density at radius 2 is 2.04 bits per heavy atom. The van der Waals surface area contributed by atoms with Crippen molar-refractivity contribution < 1.29 is 9.53 Å². The summed E-state index contributed by atoms with van der Waals surface area (Å²) < 4.78 is 7.71. The maximum absolute atomic E-state index is 12.0. The quantitative estimate of drug-likeness (QED) is 0.848. The lowest BCUT2D eigenvalue weighted by Crippen LogP contribution is -2.42. The van der Waals surface area contributed by atoms with Crippen LogP contribution >= 0.6 is 0 Å². The highest BCUT2D eigenvalue weighted by molar-refractivity contribution is 5.73. The first kappa shape index (κ1) is 17.5. The first-order valence-corrected chi connectivity index (χ1v) is 8.72. The summed E-state index contributed by atoms with van der Waals surface area (Å²) in [6.07, 6.45) is 6.51. The summed E-state index contributed by atoms with van der Waals surface area (Å²) in [5, 5.41) is 5.86. The van der Waals surface area contributed by atoms with Crippen LogP contribution in [0.2, 0.25) is 0 Å². The maximum atomic E-state index is 12.0. The number of hydrogen-bond donors (Lipinski definition) is 2. The highest BCUT2D eigenvalue weighted by Crippen LogP contribution is 2.30. The predicted octanol–water partition coefficient (Wildman–Crippen LogP) is 2.55. The molecule has 1 aliphatic rings. The number of aromatic nitrogens is 2. The second-order valence-corrected chi connectivity index (χ2v) is 7.05. The smallest absolute Gasteiger partial charge is 0.315 e. The van der Waals surface area contributed by atoms with Crippen LogP contribution in [0.5, 0.6) is 0 Å². The van der Waals surface area contributed by atoms with Gasteiger partial charge in [-0.1, -0.05) is 24.3 Å². The molecule has 1 atom stereocenters. The molecule has 2 aromatic rings. The lowest BCUT2D eigenvalue weighted by atomic mass is 9.91. The molecular weight excluding hydrogens is 316 g/mol. The third kappa shape index (κ3) is 4.82. The number of carbonyl (C=O) groups excluding carboxylic acids is 1. The fourth-order valence-corrected chi connectivity index (χ4v) is 3.09. The second-order valence-electron chi connectivity index (χ2n) is 7.05. The molecule has 1 unspecified atom stereocenters. The van der Waals surface area contributed by atoms with Crippen molar-refractivity contribution in [1.29, 1.82) is 0 Å². The van der Waals surface area contributed by atoms with Crippen molar-refractivity contribution in [3.8, 4) is 0 Å². The summed E-state index contributed by atoms with van der Waals surface area (Å²) in [6, 6.07) is 8.10. The van der Waals surface area contributed by atoms with Gasteiger partial charge in [0.25, 0.3) is 0 Å². The molecule has 2 amide bonds. The van der Waals surface area contributed by atoms with Gasteiger partial charge < -0.3 is 19.9 Å². The van der Waals surface area contributed by atoms with Crippen LogP contribution < -0.4 is 10.6 Å². The number of carbonyl (C=O) groups is 1. The summed E-state index contributed by atoms with van der Waals surface area (Å²) in [4.78, 5) is 16.0. The van der Waals surface area contributed by atoms with Crippen LogP contribution in [0.1, 0.15) is 31.4 Å². The van der Waals surface area contributed by atoms with E-state index in [1.54, 1.807) is 12.5 Å². The zero-order valence-electron chi connectivity index (χ0n) is 14.9. The van der Waals surface area contributed by atoms with E-state index in [9.17, 15) is 4.79 Å². The molecule has 134 valence electrons. The number of ether oxygens (including phenoxy) is 1. The van der Waals surface area contributed by atoms with Crippen LogP contribution in [0, 0.1) is 5.92 Å². The molecule has 6 heteroatoms. The Morgan fingerprint density at radius 1 is 1.28 bits per heavy atom. The van der Waals surface area contributed by atoms with Crippen molar-refractivity contribution in [1.82, 2.24) is 20.2 Å². The van der Waals surface area contributed by atoms with E-state index in [2.05, 4.69) is 41.6 Å². The molecule has 0 radical (unpaired) electrons. The second kappa shape index (κ2) is 7.70. The Kier molecular flexibility index (Phi) is 5.38. The third-order valence-electron chi connectivity index (χ3n) is 4.83. The standard InChI is InChI=1S/C19H26N4O2/c1-19(2)17(7-10-25-19)12-22-18(24)21-11-15-3-5-16(6-4-15)13-23-9-8-20-14-23/h3-6,8-9,14,17H,7,10-13H2,1-2H3,(H2,21,22,24). The summed E-state index contributed by atoms with van der Waals surface area (Å²) in [5.41, 5.74) is 2.13.